The second-order valence-electron chi connectivity index (χ2n) is 10.2. The van der Waals surface area contributed by atoms with Gasteiger partial charge in [-0.2, -0.15) is 26.3 Å². The molecule has 2 heterocycles. The van der Waals surface area contributed by atoms with Crippen LogP contribution in [-0.2, 0) is 20.3 Å². The van der Waals surface area contributed by atoms with Gasteiger partial charge in [-0.1, -0.05) is 29.5 Å². The third kappa shape index (κ3) is 5.17. The number of pyridine rings is 1. The molecule has 15 heteroatoms. The average Bonchev–Trinajstić information content (AvgIpc) is 3.47. The zero-order valence-corrected chi connectivity index (χ0v) is 22.8. The summed E-state index contributed by atoms with van der Waals surface area (Å²) in [7, 11) is -4.40. The van der Waals surface area contributed by atoms with Crippen molar-refractivity contribution in [2.75, 3.05) is 0 Å². The van der Waals surface area contributed by atoms with Crippen molar-refractivity contribution in [1.82, 2.24) is 20.0 Å². The van der Waals surface area contributed by atoms with E-state index in [0.717, 1.165) is 42.0 Å². The van der Waals surface area contributed by atoms with Crippen LogP contribution < -0.4 is 0 Å². The van der Waals surface area contributed by atoms with Crippen molar-refractivity contribution >= 4 is 9.84 Å². The van der Waals surface area contributed by atoms with Gasteiger partial charge >= 0.3 is 18.0 Å². The molecule has 0 unspecified atom stereocenters. The van der Waals surface area contributed by atoms with Crippen LogP contribution in [0.3, 0.4) is 0 Å². The number of aromatic nitrogens is 4. The Morgan fingerprint density at radius 1 is 0.791 bits per heavy atom. The topological polar surface area (TPSA) is 77.7 Å². The van der Waals surface area contributed by atoms with Crippen LogP contribution in [0.1, 0.15) is 42.9 Å². The lowest BCUT2D eigenvalue weighted by molar-refractivity contribution is -0.348. The smallest absolute Gasteiger partial charge is 0.265 e. The maximum Gasteiger partial charge on any atom is 0.435 e. The van der Waals surface area contributed by atoms with Gasteiger partial charge in [0.15, 0.2) is 9.84 Å². The third-order valence-corrected chi connectivity index (χ3v) is 10.4. The molecule has 0 spiro atoms. The Balaban J connectivity index is 1.53. The second-order valence-corrected chi connectivity index (χ2v) is 12.5. The lowest BCUT2D eigenvalue weighted by Crippen LogP contribution is -2.50. The van der Waals surface area contributed by atoms with Crippen LogP contribution >= 0.6 is 0 Å². The van der Waals surface area contributed by atoms with Gasteiger partial charge in [0.05, 0.1) is 17.1 Å². The first-order chi connectivity index (χ1) is 20.1. The molecule has 228 valence electrons. The van der Waals surface area contributed by atoms with E-state index in [1.165, 1.54) is 0 Å². The van der Waals surface area contributed by atoms with Gasteiger partial charge in [0.2, 0.25) is 0 Å². The van der Waals surface area contributed by atoms with Gasteiger partial charge in [0, 0.05) is 23.5 Å². The van der Waals surface area contributed by atoms with Crippen LogP contribution in [0.5, 0.6) is 0 Å². The van der Waals surface area contributed by atoms with Gasteiger partial charge in [-0.25, -0.2) is 21.9 Å². The van der Waals surface area contributed by atoms with E-state index in [1.54, 1.807) is 35.4 Å². The molecule has 0 amide bonds. The van der Waals surface area contributed by atoms with Crippen molar-refractivity contribution < 1.29 is 43.5 Å². The lowest BCUT2D eigenvalue weighted by Gasteiger charge is -2.40. The highest BCUT2D eigenvalue weighted by Gasteiger charge is 2.73. The van der Waals surface area contributed by atoms with E-state index >= 15 is 0 Å². The highest BCUT2D eigenvalue weighted by molar-refractivity contribution is 7.92. The molecule has 0 atom stereocenters. The summed E-state index contributed by atoms with van der Waals surface area (Å²) in [6, 6.07) is 9.20. The summed E-state index contributed by atoms with van der Waals surface area (Å²) in [5.74, 6) is -0.712. The number of halogens is 8. The first-order valence-electron chi connectivity index (χ1n) is 12.9. The summed E-state index contributed by atoms with van der Waals surface area (Å²) >= 11 is 0. The summed E-state index contributed by atoms with van der Waals surface area (Å²) in [6.07, 6.45) is -7.72. The number of hydrogen-bond donors (Lipinski definition) is 0. The minimum Gasteiger partial charge on any atom is -0.265 e. The highest BCUT2D eigenvalue weighted by Crippen LogP contribution is 2.54. The molecular weight excluding hydrogens is 608 g/mol. The number of alkyl halides is 7. The molecule has 1 fully saturated rings. The number of benzene rings is 2. The van der Waals surface area contributed by atoms with Crippen molar-refractivity contribution in [2.45, 2.75) is 59.4 Å². The van der Waals surface area contributed by atoms with Crippen LogP contribution in [0, 0.1) is 5.82 Å². The van der Waals surface area contributed by atoms with Gasteiger partial charge < -0.3 is 0 Å². The zero-order chi connectivity index (χ0) is 31.3. The molecule has 5 rings (SSSR count). The van der Waals surface area contributed by atoms with E-state index in [0.29, 0.717) is 17.8 Å². The van der Waals surface area contributed by atoms with Crippen LogP contribution in [0.2, 0.25) is 0 Å². The number of nitrogens with zero attached hydrogens (tertiary/aromatic N) is 4. The summed E-state index contributed by atoms with van der Waals surface area (Å²) in [4.78, 5) is 3.65. The Morgan fingerprint density at radius 3 is 1.88 bits per heavy atom. The van der Waals surface area contributed by atoms with Gasteiger partial charge in [0.1, 0.15) is 16.3 Å². The quantitative estimate of drug-likeness (QED) is 0.166. The van der Waals surface area contributed by atoms with E-state index < -0.39 is 44.0 Å². The van der Waals surface area contributed by atoms with E-state index in [2.05, 4.69) is 15.3 Å². The summed E-state index contributed by atoms with van der Waals surface area (Å²) in [6.45, 7) is 0. The van der Waals surface area contributed by atoms with Crippen molar-refractivity contribution in [3.63, 3.8) is 0 Å². The van der Waals surface area contributed by atoms with Crippen molar-refractivity contribution in [2.24, 2.45) is 0 Å². The molecule has 1 aliphatic carbocycles. The molecule has 0 N–H and O–H groups in total. The Kier molecular flexibility index (Phi) is 7.60. The fourth-order valence-corrected chi connectivity index (χ4v) is 7.65. The number of hydrogen-bond acceptors (Lipinski definition) is 5. The maximum atomic E-state index is 14.7. The summed E-state index contributed by atoms with van der Waals surface area (Å²) < 4.78 is 136. The number of rotatable bonds is 6. The summed E-state index contributed by atoms with van der Waals surface area (Å²) in [5, 5.41) is 8.30. The van der Waals surface area contributed by atoms with E-state index in [4.69, 9.17) is 0 Å². The van der Waals surface area contributed by atoms with Crippen LogP contribution in [-0.4, -0.2) is 40.7 Å². The highest BCUT2D eigenvalue weighted by atomic mass is 32.2. The predicted octanol–water partition coefficient (Wildman–Crippen LogP) is 7.25. The molecule has 0 saturated heterocycles. The van der Waals surface area contributed by atoms with E-state index in [9.17, 15) is 43.5 Å². The molecular formula is C28H22F8N4O2S. The first kappa shape index (κ1) is 30.6. The molecule has 6 nitrogen and oxygen atoms in total. The monoisotopic (exact) mass is 630 g/mol. The van der Waals surface area contributed by atoms with E-state index in [1.807, 2.05) is 0 Å². The normalized spacial score (nSPS) is 20.2. The Labute approximate surface area is 240 Å². The minimum absolute atomic E-state index is 0.123. The third-order valence-electron chi connectivity index (χ3n) is 7.85. The van der Waals surface area contributed by atoms with Gasteiger partial charge in [-0.15, -0.1) is 5.10 Å². The standard InChI is InChI=1S/C28H22F8N4O2S/c29-21-5-7-23(8-6-21)43(41,42)25(19-1-3-20(4-2-19)26(30,27(31,32)33)28(34,35)36)13-9-22(10-14-25)40-17-24(38-39-40)18-11-15-37-16-12-18/h1-8,11-12,15-17,22H,9-10,13-14H2/t22-,25+. The zero-order valence-electron chi connectivity index (χ0n) is 21.9. The van der Waals surface area contributed by atoms with Gasteiger partial charge in [-0.3, -0.25) is 4.98 Å². The van der Waals surface area contributed by atoms with Gasteiger partial charge in [-0.05, 0) is 67.6 Å². The number of sulfone groups is 1. The van der Waals surface area contributed by atoms with E-state index in [-0.39, 0.29) is 42.2 Å². The summed E-state index contributed by atoms with van der Waals surface area (Å²) in [5.41, 5.74) is -6.24. The van der Waals surface area contributed by atoms with Crippen LogP contribution in [0.15, 0.2) is 84.1 Å². The largest absolute Gasteiger partial charge is 0.435 e. The molecule has 1 saturated carbocycles. The molecule has 4 aromatic rings. The molecule has 2 aromatic heterocycles. The van der Waals surface area contributed by atoms with Crippen molar-refractivity contribution in [3.8, 4) is 11.3 Å². The molecule has 1 aliphatic rings. The van der Waals surface area contributed by atoms with Crippen molar-refractivity contribution in [1.29, 1.82) is 0 Å². The minimum atomic E-state index is -6.32. The molecule has 2 aromatic carbocycles. The molecule has 0 bridgehead atoms. The molecule has 0 radical (unpaired) electrons. The molecule has 43 heavy (non-hydrogen) atoms. The fraction of sp³-hybridized carbons (Fsp3) is 0.321. The van der Waals surface area contributed by atoms with Crippen molar-refractivity contribution in [3.05, 3.63) is 96.2 Å². The average molecular weight is 631 g/mol. The molecule has 0 aliphatic heterocycles. The SMILES string of the molecule is O=S(=O)(c1ccc(F)cc1)[C@]1(c2ccc(C(F)(C(F)(F)F)C(F)(F)F)cc2)CC[C@H](n2cc(-c3ccncc3)nn2)CC1. The van der Waals surface area contributed by atoms with Crippen LogP contribution in [0.4, 0.5) is 35.1 Å². The Hall–Kier alpha value is -3.88. The predicted molar refractivity (Wildman–Crippen MR) is 137 cm³/mol. The Bertz CT molecular complexity index is 1670. The first-order valence-corrected chi connectivity index (χ1v) is 14.3. The lowest BCUT2D eigenvalue weighted by atomic mass is 9.80. The van der Waals surface area contributed by atoms with Gasteiger partial charge in [0.25, 0.3) is 0 Å². The van der Waals surface area contributed by atoms with Crippen LogP contribution in [0.25, 0.3) is 11.3 Å². The Morgan fingerprint density at radius 2 is 1.35 bits per heavy atom. The second kappa shape index (κ2) is 10.7. The fourth-order valence-electron chi connectivity index (χ4n) is 5.49. The maximum absolute atomic E-state index is 14.7.